The molecule has 0 bridgehead atoms. The van der Waals surface area contributed by atoms with Gasteiger partial charge in [0.2, 0.25) is 5.91 Å². The zero-order valence-corrected chi connectivity index (χ0v) is 21.4. The minimum absolute atomic E-state index is 0.0291. The fourth-order valence-electron chi connectivity index (χ4n) is 4.42. The Hall–Kier alpha value is -4.24. The molecule has 4 amide bonds. The number of hydrogen-bond acceptors (Lipinski definition) is 5. The van der Waals surface area contributed by atoms with Crippen LogP contribution in [0.5, 0.6) is 5.75 Å². The lowest BCUT2D eigenvalue weighted by Crippen LogP contribution is -2.50. The van der Waals surface area contributed by atoms with Crippen LogP contribution in [0.15, 0.2) is 72.8 Å². The van der Waals surface area contributed by atoms with E-state index in [9.17, 15) is 18.8 Å². The highest BCUT2D eigenvalue weighted by Crippen LogP contribution is 2.32. The first-order valence-electron chi connectivity index (χ1n) is 12.3. The van der Waals surface area contributed by atoms with Crippen molar-refractivity contribution in [2.75, 3.05) is 25.6 Å². The quantitative estimate of drug-likeness (QED) is 0.302. The zero-order valence-electron chi connectivity index (χ0n) is 21.4. The molecule has 1 fully saturated rings. The van der Waals surface area contributed by atoms with Crippen LogP contribution in [-0.4, -0.2) is 49.1 Å². The molecule has 0 radical (unpaired) electrons. The monoisotopic (exact) mass is 519 g/mol. The number of ether oxygens (including phenoxy) is 2. The number of imide groups is 1. The highest BCUT2D eigenvalue weighted by atomic mass is 19.1. The van der Waals surface area contributed by atoms with Gasteiger partial charge in [-0.25, -0.2) is 14.1 Å². The van der Waals surface area contributed by atoms with E-state index in [0.717, 1.165) is 10.5 Å². The lowest BCUT2D eigenvalue weighted by atomic mass is 9.91. The minimum atomic E-state index is -1.23. The van der Waals surface area contributed by atoms with Crippen molar-refractivity contribution >= 4 is 23.5 Å². The number of aryl methyl sites for hydroxylation is 1. The van der Waals surface area contributed by atoms with Crippen molar-refractivity contribution in [3.05, 3.63) is 95.3 Å². The average molecular weight is 520 g/mol. The van der Waals surface area contributed by atoms with Crippen LogP contribution in [0.4, 0.5) is 14.9 Å². The number of amides is 4. The van der Waals surface area contributed by atoms with Gasteiger partial charge < -0.3 is 20.1 Å². The molecule has 4 rings (SSSR count). The SMILES string of the molecule is COCCOc1ccc([C@H]2NC(=O)N(C(C(=O)Nc3ccc(C)cc3F)[C@@H](C)c3ccccc3)C2=O)cc1. The minimum Gasteiger partial charge on any atom is -0.491 e. The molecule has 0 saturated carbocycles. The van der Waals surface area contributed by atoms with Gasteiger partial charge in [0.1, 0.15) is 30.3 Å². The molecule has 2 N–H and O–H groups in total. The number of urea groups is 1. The lowest BCUT2D eigenvalue weighted by Gasteiger charge is -2.30. The molecule has 38 heavy (non-hydrogen) atoms. The standard InChI is InChI=1S/C29H30FN3O5/c1-18-9-14-24(23(30)17-18)31-27(34)26(19(2)20-7-5-4-6-8-20)33-28(35)25(32-29(33)36)21-10-12-22(13-11-21)38-16-15-37-3/h4-14,17,19,25-26H,15-16H2,1-3H3,(H,31,34)(H,32,36)/t19-,25+,26?/m0/s1. The van der Waals surface area contributed by atoms with Crippen molar-refractivity contribution in [3.63, 3.8) is 0 Å². The Bertz CT molecular complexity index is 1300. The number of halogens is 1. The van der Waals surface area contributed by atoms with E-state index >= 15 is 0 Å². The smallest absolute Gasteiger partial charge is 0.325 e. The second-order valence-corrected chi connectivity index (χ2v) is 9.12. The molecule has 1 aliphatic rings. The second-order valence-electron chi connectivity index (χ2n) is 9.12. The molecule has 0 spiro atoms. The molecule has 1 heterocycles. The number of anilines is 1. The van der Waals surface area contributed by atoms with Crippen LogP contribution in [0.2, 0.25) is 0 Å². The number of methoxy groups -OCH3 is 1. The molecular weight excluding hydrogens is 489 g/mol. The van der Waals surface area contributed by atoms with Crippen LogP contribution in [0.3, 0.4) is 0 Å². The van der Waals surface area contributed by atoms with E-state index in [0.29, 0.717) is 30.1 Å². The third-order valence-corrected chi connectivity index (χ3v) is 6.47. The summed E-state index contributed by atoms with van der Waals surface area (Å²) < 4.78 is 25.1. The summed E-state index contributed by atoms with van der Waals surface area (Å²) in [5, 5.41) is 5.27. The number of nitrogens with one attached hydrogen (secondary N) is 2. The van der Waals surface area contributed by atoms with Crippen LogP contribution in [-0.2, 0) is 14.3 Å². The van der Waals surface area contributed by atoms with E-state index < -0.39 is 41.7 Å². The van der Waals surface area contributed by atoms with Gasteiger partial charge in [0.05, 0.1) is 12.3 Å². The van der Waals surface area contributed by atoms with Gasteiger partial charge in [-0.05, 0) is 47.9 Å². The number of nitrogens with zero attached hydrogens (tertiary/aromatic N) is 1. The Morgan fingerprint density at radius 1 is 1.05 bits per heavy atom. The largest absolute Gasteiger partial charge is 0.491 e. The van der Waals surface area contributed by atoms with Gasteiger partial charge in [0, 0.05) is 13.0 Å². The van der Waals surface area contributed by atoms with Crippen LogP contribution >= 0.6 is 0 Å². The zero-order chi connectivity index (χ0) is 27.2. The highest BCUT2D eigenvalue weighted by molar-refractivity contribution is 6.10. The van der Waals surface area contributed by atoms with Gasteiger partial charge in [-0.2, -0.15) is 0 Å². The third kappa shape index (κ3) is 5.84. The topological polar surface area (TPSA) is 97.0 Å². The van der Waals surface area contributed by atoms with Gasteiger partial charge in [-0.1, -0.05) is 55.5 Å². The number of hydrogen-bond donors (Lipinski definition) is 2. The van der Waals surface area contributed by atoms with Gasteiger partial charge in [0.25, 0.3) is 5.91 Å². The van der Waals surface area contributed by atoms with Crippen molar-refractivity contribution < 1.29 is 28.2 Å². The summed E-state index contributed by atoms with van der Waals surface area (Å²) in [6.07, 6.45) is 0. The third-order valence-electron chi connectivity index (χ3n) is 6.47. The Labute approximate surface area is 220 Å². The van der Waals surface area contributed by atoms with Crippen LogP contribution in [0.25, 0.3) is 0 Å². The molecule has 198 valence electrons. The normalized spacial score (nSPS) is 16.6. The van der Waals surface area contributed by atoms with Crippen molar-refractivity contribution in [1.29, 1.82) is 0 Å². The predicted octanol–water partition coefficient (Wildman–Crippen LogP) is 4.56. The Kier molecular flexibility index (Phi) is 8.38. The lowest BCUT2D eigenvalue weighted by molar-refractivity contribution is -0.134. The summed E-state index contributed by atoms with van der Waals surface area (Å²) in [7, 11) is 1.58. The van der Waals surface area contributed by atoms with Crippen LogP contribution in [0, 0.1) is 12.7 Å². The second kappa shape index (κ2) is 11.9. The van der Waals surface area contributed by atoms with E-state index in [2.05, 4.69) is 10.6 Å². The van der Waals surface area contributed by atoms with Gasteiger partial charge in [-0.15, -0.1) is 0 Å². The highest BCUT2D eigenvalue weighted by Gasteiger charge is 2.47. The average Bonchev–Trinajstić information content (AvgIpc) is 3.20. The predicted molar refractivity (Wildman–Crippen MR) is 140 cm³/mol. The maximum atomic E-state index is 14.6. The summed E-state index contributed by atoms with van der Waals surface area (Å²) in [5.41, 5.74) is 1.96. The van der Waals surface area contributed by atoms with Gasteiger partial charge in [-0.3, -0.25) is 9.59 Å². The molecule has 3 aromatic rings. The van der Waals surface area contributed by atoms with Gasteiger partial charge >= 0.3 is 6.03 Å². The Balaban J connectivity index is 1.62. The molecule has 3 aromatic carbocycles. The first kappa shape index (κ1) is 26.8. The van der Waals surface area contributed by atoms with E-state index in [1.807, 2.05) is 30.3 Å². The van der Waals surface area contributed by atoms with Crippen molar-refractivity contribution in [2.24, 2.45) is 0 Å². The maximum absolute atomic E-state index is 14.6. The fourth-order valence-corrected chi connectivity index (χ4v) is 4.42. The molecule has 0 aromatic heterocycles. The van der Waals surface area contributed by atoms with Crippen LogP contribution < -0.4 is 15.4 Å². The summed E-state index contributed by atoms with van der Waals surface area (Å²) in [6, 6.07) is 17.4. The molecule has 1 unspecified atom stereocenters. The van der Waals surface area contributed by atoms with E-state index in [4.69, 9.17) is 9.47 Å². The van der Waals surface area contributed by atoms with Gasteiger partial charge in [0.15, 0.2) is 0 Å². The van der Waals surface area contributed by atoms with E-state index in [1.165, 1.54) is 12.1 Å². The van der Waals surface area contributed by atoms with E-state index in [-0.39, 0.29) is 5.69 Å². The van der Waals surface area contributed by atoms with Crippen molar-refractivity contribution in [1.82, 2.24) is 10.2 Å². The first-order chi connectivity index (χ1) is 18.3. The summed E-state index contributed by atoms with van der Waals surface area (Å²) >= 11 is 0. The molecule has 1 saturated heterocycles. The summed E-state index contributed by atoms with van der Waals surface area (Å²) in [4.78, 5) is 41.3. The molecule has 0 aliphatic carbocycles. The van der Waals surface area contributed by atoms with Crippen molar-refractivity contribution in [3.8, 4) is 5.75 Å². The van der Waals surface area contributed by atoms with Crippen LogP contribution in [0.1, 0.15) is 35.6 Å². The molecule has 8 nitrogen and oxygen atoms in total. The molecule has 1 aliphatic heterocycles. The number of carbonyl (C=O) groups is 3. The Morgan fingerprint density at radius 2 is 1.76 bits per heavy atom. The fraction of sp³-hybridized carbons (Fsp3) is 0.276. The first-order valence-corrected chi connectivity index (χ1v) is 12.3. The molecule has 3 atom stereocenters. The maximum Gasteiger partial charge on any atom is 0.325 e. The number of benzene rings is 3. The summed E-state index contributed by atoms with van der Waals surface area (Å²) in [6.45, 7) is 4.30. The number of rotatable bonds is 10. The number of carbonyl (C=O) groups excluding carboxylic acids is 3. The Morgan fingerprint density at radius 3 is 2.42 bits per heavy atom. The van der Waals surface area contributed by atoms with Crippen molar-refractivity contribution in [2.45, 2.75) is 31.8 Å². The summed E-state index contributed by atoms with van der Waals surface area (Å²) in [5.74, 6) is -1.83. The molecular formula is C29H30FN3O5. The molecule has 9 heteroatoms. The van der Waals surface area contributed by atoms with E-state index in [1.54, 1.807) is 51.3 Å².